The van der Waals surface area contributed by atoms with E-state index >= 15 is 0 Å². The first-order chi connectivity index (χ1) is 10.7. The second-order valence-corrected chi connectivity index (χ2v) is 5.53. The zero-order valence-corrected chi connectivity index (χ0v) is 12.9. The normalized spacial score (nSPS) is 25.1. The molecule has 0 bridgehead atoms. The van der Waals surface area contributed by atoms with Gasteiger partial charge in [0.25, 0.3) is 0 Å². The molecule has 0 aliphatic heterocycles. The van der Waals surface area contributed by atoms with Crippen molar-refractivity contribution in [2.45, 2.75) is 26.7 Å². The number of esters is 1. The van der Waals surface area contributed by atoms with Crippen molar-refractivity contribution in [2.24, 2.45) is 23.7 Å². The second kappa shape index (κ2) is 7.75. The average Bonchev–Trinajstić information content (AvgIpc) is 2.43. The number of carboxylic acids is 3. The third kappa shape index (κ3) is 4.54. The van der Waals surface area contributed by atoms with Crippen LogP contribution in [0, 0.1) is 23.7 Å². The largest absolute Gasteiger partial charge is 0.481 e. The molecule has 23 heavy (non-hydrogen) atoms. The van der Waals surface area contributed by atoms with Gasteiger partial charge in [-0.15, -0.1) is 0 Å². The highest BCUT2D eigenvalue weighted by Crippen LogP contribution is 2.38. The van der Waals surface area contributed by atoms with Crippen LogP contribution in [-0.4, -0.2) is 45.8 Å². The van der Waals surface area contributed by atoms with E-state index in [1.807, 2.05) is 0 Å². The molecule has 0 radical (unpaired) electrons. The van der Waals surface area contributed by atoms with E-state index in [0.29, 0.717) is 5.57 Å². The molecule has 128 valence electrons. The number of hydrogen-bond donors (Lipinski definition) is 3. The minimum absolute atomic E-state index is 0.0739. The van der Waals surface area contributed by atoms with Gasteiger partial charge in [-0.3, -0.25) is 19.2 Å². The minimum atomic E-state index is -1.28. The van der Waals surface area contributed by atoms with Gasteiger partial charge in [0.15, 0.2) is 0 Å². The lowest BCUT2D eigenvalue weighted by atomic mass is 9.70. The smallest absolute Gasteiger partial charge is 0.311 e. The Morgan fingerprint density at radius 3 is 2.26 bits per heavy atom. The van der Waals surface area contributed by atoms with Crippen molar-refractivity contribution in [1.29, 1.82) is 0 Å². The molecule has 1 aliphatic rings. The number of carboxylic acid groups (broad SMARTS) is 3. The highest BCUT2D eigenvalue weighted by atomic mass is 16.5. The zero-order valence-electron chi connectivity index (χ0n) is 12.9. The SMILES string of the molecule is CCOC(=O)C(CC(=O)O)C1C=C(C)C(C(=O)O)C(C(=O)O)C1. The standard InChI is InChI=1S/C15H20O8/c1-3-23-15(22)9(6-11(16)17)8-4-7(2)12(14(20)21)10(5-8)13(18)19/h4,8-10,12H,3,5-6H2,1-2H3,(H,16,17)(H,18,19)(H,20,21). The Bertz CT molecular complexity index is 536. The van der Waals surface area contributed by atoms with E-state index in [1.54, 1.807) is 6.92 Å². The first kappa shape index (κ1) is 18.7. The van der Waals surface area contributed by atoms with E-state index in [9.17, 15) is 29.4 Å². The van der Waals surface area contributed by atoms with Crippen LogP contribution in [0.1, 0.15) is 26.7 Å². The molecule has 4 atom stereocenters. The summed E-state index contributed by atoms with van der Waals surface area (Å²) < 4.78 is 4.87. The van der Waals surface area contributed by atoms with Crippen molar-refractivity contribution in [3.05, 3.63) is 11.6 Å². The summed E-state index contributed by atoms with van der Waals surface area (Å²) in [6.07, 6.45) is 0.862. The monoisotopic (exact) mass is 328 g/mol. The third-order valence-corrected chi connectivity index (χ3v) is 3.98. The van der Waals surface area contributed by atoms with Crippen LogP contribution < -0.4 is 0 Å². The Morgan fingerprint density at radius 1 is 1.22 bits per heavy atom. The van der Waals surface area contributed by atoms with Crippen molar-refractivity contribution in [2.75, 3.05) is 6.61 Å². The van der Waals surface area contributed by atoms with Gasteiger partial charge >= 0.3 is 23.9 Å². The predicted octanol–water partition coefficient (Wildman–Crippen LogP) is 1.01. The average molecular weight is 328 g/mol. The summed E-state index contributed by atoms with van der Waals surface area (Å²) in [4.78, 5) is 45.6. The molecule has 0 amide bonds. The van der Waals surface area contributed by atoms with E-state index in [4.69, 9.17) is 9.84 Å². The van der Waals surface area contributed by atoms with E-state index in [-0.39, 0.29) is 13.0 Å². The fourth-order valence-electron chi connectivity index (χ4n) is 2.99. The van der Waals surface area contributed by atoms with Gasteiger partial charge in [-0.05, 0) is 26.2 Å². The van der Waals surface area contributed by atoms with Crippen molar-refractivity contribution < 1.29 is 39.2 Å². The first-order valence-electron chi connectivity index (χ1n) is 7.21. The van der Waals surface area contributed by atoms with Gasteiger partial charge in [0.2, 0.25) is 0 Å². The molecule has 0 heterocycles. The van der Waals surface area contributed by atoms with Crippen LogP contribution in [0.15, 0.2) is 11.6 Å². The van der Waals surface area contributed by atoms with Gasteiger partial charge in [-0.2, -0.15) is 0 Å². The van der Waals surface area contributed by atoms with Crippen LogP contribution >= 0.6 is 0 Å². The van der Waals surface area contributed by atoms with Crippen LogP contribution in [-0.2, 0) is 23.9 Å². The van der Waals surface area contributed by atoms with Gasteiger partial charge in [-0.1, -0.05) is 11.6 Å². The molecule has 1 aliphatic carbocycles. The van der Waals surface area contributed by atoms with Crippen LogP contribution in [0.3, 0.4) is 0 Å². The van der Waals surface area contributed by atoms with Crippen LogP contribution in [0.5, 0.6) is 0 Å². The molecule has 0 spiro atoms. The molecule has 0 saturated carbocycles. The van der Waals surface area contributed by atoms with Gasteiger partial charge in [0.05, 0.1) is 30.8 Å². The summed E-state index contributed by atoms with van der Waals surface area (Å²) in [5, 5.41) is 27.5. The van der Waals surface area contributed by atoms with Crippen molar-refractivity contribution in [1.82, 2.24) is 0 Å². The number of carbonyl (C=O) groups is 4. The summed E-state index contributed by atoms with van der Waals surface area (Å²) in [5.41, 5.74) is 0.306. The van der Waals surface area contributed by atoms with Crippen molar-refractivity contribution >= 4 is 23.9 Å². The number of aliphatic carboxylic acids is 3. The maximum Gasteiger partial charge on any atom is 0.311 e. The highest BCUT2D eigenvalue weighted by Gasteiger charge is 2.43. The summed E-state index contributed by atoms with van der Waals surface area (Å²) >= 11 is 0. The van der Waals surface area contributed by atoms with Crippen LogP contribution in [0.25, 0.3) is 0 Å². The molecule has 0 aromatic carbocycles. The molecule has 3 N–H and O–H groups in total. The van der Waals surface area contributed by atoms with Gasteiger partial charge in [0, 0.05) is 0 Å². The molecular weight excluding hydrogens is 308 g/mol. The maximum absolute atomic E-state index is 12.0. The number of carbonyl (C=O) groups excluding carboxylic acids is 1. The highest BCUT2D eigenvalue weighted by molar-refractivity contribution is 5.84. The van der Waals surface area contributed by atoms with Crippen molar-refractivity contribution in [3.63, 3.8) is 0 Å². The Labute approximate surface area is 132 Å². The fourth-order valence-corrected chi connectivity index (χ4v) is 2.99. The molecule has 0 saturated heterocycles. The number of allylic oxidation sites excluding steroid dienone is 1. The topological polar surface area (TPSA) is 138 Å². The summed E-state index contributed by atoms with van der Waals surface area (Å²) in [7, 11) is 0. The molecule has 0 aromatic rings. The Balaban J connectivity index is 3.17. The minimum Gasteiger partial charge on any atom is -0.481 e. The molecule has 0 fully saturated rings. The fraction of sp³-hybridized carbons (Fsp3) is 0.600. The quantitative estimate of drug-likeness (QED) is 0.465. The summed E-state index contributed by atoms with van der Waals surface area (Å²) in [6, 6.07) is 0. The van der Waals surface area contributed by atoms with E-state index in [0.717, 1.165) is 0 Å². The molecule has 0 aromatic heterocycles. The maximum atomic E-state index is 12.0. The number of hydrogen-bond acceptors (Lipinski definition) is 5. The summed E-state index contributed by atoms with van der Waals surface area (Å²) in [5.74, 6) is -8.60. The summed E-state index contributed by atoms with van der Waals surface area (Å²) in [6.45, 7) is 3.13. The predicted molar refractivity (Wildman–Crippen MR) is 76.5 cm³/mol. The molecule has 4 unspecified atom stereocenters. The number of ether oxygens (including phenoxy) is 1. The van der Waals surface area contributed by atoms with E-state index in [2.05, 4.69) is 0 Å². The van der Waals surface area contributed by atoms with E-state index in [1.165, 1.54) is 13.0 Å². The third-order valence-electron chi connectivity index (χ3n) is 3.98. The Kier molecular flexibility index (Phi) is 6.29. The van der Waals surface area contributed by atoms with Crippen LogP contribution in [0.4, 0.5) is 0 Å². The molecule has 8 heteroatoms. The van der Waals surface area contributed by atoms with Gasteiger partial charge < -0.3 is 20.1 Å². The second-order valence-electron chi connectivity index (χ2n) is 5.53. The lowest BCUT2D eigenvalue weighted by molar-refractivity contribution is -0.157. The molecular formula is C15H20O8. The van der Waals surface area contributed by atoms with Crippen LogP contribution in [0.2, 0.25) is 0 Å². The Hall–Kier alpha value is -2.38. The lowest BCUT2D eigenvalue weighted by Gasteiger charge is -2.33. The Morgan fingerprint density at radius 2 is 1.83 bits per heavy atom. The first-order valence-corrected chi connectivity index (χ1v) is 7.21. The van der Waals surface area contributed by atoms with Gasteiger partial charge in [0.1, 0.15) is 0 Å². The van der Waals surface area contributed by atoms with Gasteiger partial charge in [-0.25, -0.2) is 0 Å². The van der Waals surface area contributed by atoms with E-state index < -0.39 is 54.0 Å². The number of rotatable bonds is 7. The molecule has 1 rings (SSSR count). The van der Waals surface area contributed by atoms with Crippen molar-refractivity contribution in [3.8, 4) is 0 Å². The zero-order chi connectivity index (χ0) is 17.7. The lowest BCUT2D eigenvalue weighted by Crippen LogP contribution is -2.39. The molecule has 8 nitrogen and oxygen atoms in total.